The number of ether oxygens (including phenoxy) is 1. The molecule has 0 aromatic heterocycles. The topological polar surface area (TPSA) is 9.23 Å². The summed E-state index contributed by atoms with van der Waals surface area (Å²) in [6, 6.07) is 0. The van der Waals surface area contributed by atoms with Gasteiger partial charge in [-0.1, -0.05) is 0 Å². The van der Waals surface area contributed by atoms with Crippen LogP contribution in [0.15, 0.2) is 0 Å². The molecule has 0 atom stereocenters. The van der Waals surface area contributed by atoms with Gasteiger partial charge in [-0.2, -0.15) is 48.3 Å². The van der Waals surface area contributed by atoms with Gasteiger partial charge >= 0.3 is 30.2 Å². The molecule has 0 fully saturated rings. The molecule has 0 saturated heterocycles. The summed E-state index contributed by atoms with van der Waals surface area (Å²) in [5.41, 5.74) is 0. The Morgan fingerprint density at radius 1 is 0.611 bits per heavy atom. The zero-order valence-electron chi connectivity index (χ0n) is 8.07. The first-order chi connectivity index (χ1) is 7.46. The Hall–Kier alpha value is -0.810. The van der Waals surface area contributed by atoms with Crippen molar-refractivity contribution in [2.45, 2.75) is 37.2 Å². The summed E-state index contributed by atoms with van der Waals surface area (Å²) in [4.78, 5) is 0. The van der Waals surface area contributed by atoms with Gasteiger partial charge in [-0.3, -0.25) is 0 Å². The third-order valence-electron chi connectivity index (χ3n) is 1.49. The van der Waals surface area contributed by atoms with E-state index in [9.17, 15) is 48.3 Å². The summed E-state index contributed by atoms with van der Waals surface area (Å²) in [6.45, 7) is -0.700. The van der Waals surface area contributed by atoms with Crippen LogP contribution >= 0.6 is 0 Å². The van der Waals surface area contributed by atoms with Crippen LogP contribution in [0.3, 0.4) is 0 Å². The molecule has 18 heavy (non-hydrogen) atoms. The monoisotopic (exact) mass is 300 g/mol. The van der Waals surface area contributed by atoms with Crippen LogP contribution in [0.4, 0.5) is 48.3 Å². The van der Waals surface area contributed by atoms with Crippen molar-refractivity contribution in [1.29, 1.82) is 0 Å². The molecule has 0 aliphatic carbocycles. The maximum absolute atomic E-state index is 12.2. The van der Waals surface area contributed by atoms with Crippen molar-refractivity contribution in [2.75, 3.05) is 0 Å². The largest absolute Gasteiger partial charge is 0.462 e. The quantitative estimate of drug-likeness (QED) is 0.712. The summed E-state index contributed by atoms with van der Waals surface area (Å²) in [6.07, 6.45) is -20.0. The van der Waals surface area contributed by atoms with Crippen LogP contribution in [0, 0.1) is 0 Å². The van der Waals surface area contributed by atoms with Crippen molar-refractivity contribution in [1.82, 2.24) is 0 Å². The number of rotatable bonds is 4. The highest BCUT2D eigenvalue weighted by atomic mass is 19.4. The number of hydrogen-bond acceptors (Lipinski definition) is 1. The first-order valence-electron chi connectivity index (χ1n) is 3.74. The van der Waals surface area contributed by atoms with E-state index in [1.165, 1.54) is 0 Å². The predicted molar refractivity (Wildman–Crippen MR) is 32.6 cm³/mol. The molecule has 0 heterocycles. The fourth-order valence-electron chi connectivity index (χ4n) is 0.480. The minimum Gasteiger partial charge on any atom is -0.245 e. The molecular weight excluding hydrogens is 297 g/mol. The molecular formula is C6H3F11O. The second-order valence-electron chi connectivity index (χ2n) is 3.10. The van der Waals surface area contributed by atoms with Gasteiger partial charge in [0.05, 0.1) is 0 Å². The average Bonchev–Trinajstić information content (AvgIpc) is 1.96. The maximum atomic E-state index is 12.2. The molecule has 0 bridgehead atoms. The molecule has 1 nitrogen and oxygen atoms in total. The Balaban J connectivity index is 5.33. The van der Waals surface area contributed by atoms with Crippen LogP contribution in [0.25, 0.3) is 0 Å². The van der Waals surface area contributed by atoms with E-state index in [2.05, 4.69) is 0 Å². The Morgan fingerprint density at radius 2 is 0.944 bits per heavy atom. The lowest BCUT2D eigenvalue weighted by Crippen LogP contribution is -2.58. The fraction of sp³-hybridized carbons (Fsp3) is 1.00. The van der Waals surface area contributed by atoms with Gasteiger partial charge in [0.15, 0.2) is 0 Å². The lowest BCUT2D eigenvalue weighted by atomic mass is 10.3. The zero-order chi connectivity index (χ0) is 15.2. The lowest BCUT2D eigenvalue weighted by molar-refractivity contribution is -0.494. The highest BCUT2D eigenvalue weighted by Gasteiger charge is 2.77. The summed E-state index contributed by atoms with van der Waals surface area (Å²) < 4.78 is 133. The molecule has 0 aliphatic rings. The van der Waals surface area contributed by atoms with E-state index in [1.807, 2.05) is 0 Å². The highest BCUT2D eigenvalue weighted by molar-refractivity contribution is 4.87. The van der Waals surface area contributed by atoms with Crippen LogP contribution < -0.4 is 0 Å². The molecule has 12 heteroatoms. The van der Waals surface area contributed by atoms with Crippen molar-refractivity contribution >= 4 is 0 Å². The van der Waals surface area contributed by atoms with E-state index < -0.39 is 37.2 Å². The van der Waals surface area contributed by atoms with Crippen LogP contribution in [0.2, 0.25) is 0 Å². The summed E-state index contributed by atoms with van der Waals surface area (Å²) in [5, 5.41) is 0. The van der Waals surface area contributed by atoms with Crippen molar-refractivity contribution in [3.63, 3.8) is 0 Å². The van der Waals surface area contributed by atoms with Crippen LogP contribution in [0.1, 0.15) is 6.92 Å². The van der Waals surface area contributed by atoms with Gasteiger partial charge in [0.1, 0.15) is 0 Å². The van der Waals surface area contributed by atoms with Crippen LogP contribution in [0.5, 0.6) is 0 Å². The van der Waals surface area contributed by atoms with Crippen LogP contribution in [-0.4, -0.2) is 30.2 Å². The molecule has 0 N–H and O–H groups in total. The Labute approximate surface area is 91.5 Å². The normalized spacial score (nSPS) is 16.0. The summed E-state index contributed by atoms with van der Waals surface area (Å²) in [7, 11) is 0. The van der Waals surface area contributed by atoms with E-state index in [-0.39, 0.29) is 0 Å². The lowest BCUT2D eigenvalue weighted by Gasteiger charge is -2.32. The Bertz CT molecular complexity index is 298. The van der Waals surface area contributed by atoms with E-state index in [1.54, 1.807) is 4.74 Å². The Kier molecular flexibility index (Phi) is 3.91. The maximum Gasteiger partial charge on any atom is 0.462 e. The van der Waals surface area contributed by atoms with Gasteiger partial charge < -0.3 is 0 Å². The average molecular weight is 300 g/mol. The van der Waals surface area contributed by atoms with Gasteiger partial charge in [-0.15, -0.1) is 0 Å². The smallest absolute Gasteiger partial charge is 0.245 e. The molecule has 0 aromatic carbocycles. The second kappa shape index (κ2) is 4.10. The van der Waals surface area contributed by atoms with Crippen LogP contribution in [-0.2, 0) is 4.74 Å². The summed E-state index contributed by atoms with van der Waals surface area (Å²) in [5.74, 6) is -12.5. The van der Waals surface area contributed by atoms with Gasteiger partial charge in [0, 0.05) is 6.92 Å². The standard InChI is InChI=1S/C6H3F11O/c1-2(7,8)5(14,15)18-6(16,17)3(9,10)4(11,12)13/h1H3. The van der Waals surface area contributed by atoms with Crippen molar-refractivity contribution in [3.05, 3.63) is 0 Å². The molecule has 0 aromatic rings. The highest BCUT2D eigenvalue weighted by Crippen LogP contribution is 2.50. The Morgan fingerprint density at radius 3 is 1.17 bits per heavy atom. The minimum absolute atomic E-state index is 0.700. The number of hydrogen-bond donors (Lipinski definition) is 0. The third kappa shape index (κ3) is 2.95. The van der Waals surface area contributed by atoms with Gasteiger partial charge in [0.2, 0.25) is 0 Å². The zero-order valence-corrected chi connectivity index (χ0v) is 8.07. The van der Waals surface area contributed by atoms with Crippen molar-refractivity contribution in [3.8, 4) is 0 Å². The molecule has 0 unspecified atom stereocenters. The molecule has 0 saturated carbocycles. The third-order valence-corrected chi connectivity index (χ3v) is 1.49. The van der Waals surface area contributed by atoms with Gasteiger partial charge in [-0.05, 0) is 0 Å². The number of halogens is 11. The SMILES string of the molecule is CC(F)(F)C(F)(F)OC(F)(F)C(F)(F)C(F)(F)F. The van der Waals surface area contributed by atoms with E-state index in [0.717, 1.165) is 0 Å². The number of alkyl halides is 11. The molecule has 0 radical (unpaired) electrons. The van der Waals surface area contributed by atoms with Gasteiger partial charge in [-0.25, -0.2) is 4.74 Å². The van der Waals surface area contributed by atoms with Gasteiger partial charge in [0.25, 0.3) is 0 Å². The predicted octanol–water partition coefficient (Wildman–Crippen LogP) is 4.04. The fourth-order valence-corrected chi connectivity index (χ4v) is 0.480. The first-order valence-corrected chi connectivity index (χ1v) is 3.74. The van der Waals surface area contributed by atoms with E-state index >= 15 is 0 Å². The second-order valence-corrected chi connectivity index (χ2v) is 3.10. The molecule has 110 valence electrons. The first kappa shape index (κ1) is 17.2. The van der Waals surface area contributed by atoms with Crippen molar-refractivity contribution in [2.24, 2.45) is 0 Å². The van der Waals surface area contributed by atoms with Crippen molar-refractivity contribution < 1.29 is 53.0 Å². The molecule has 0 rings (SSSR count). The molecule has 0 spiro atoms. The van der Waals surface area contributed by atoms with E-state index in [0.29, 0.717) is 0 Å². The summed E-state index contributed by atoms with van der Waals surface area (Å²) >= 11 is 0. The minimum atomic E-state index is -7.06. The molecule has 0 amide bonds. The van der Waals surface area contributed by atoms with E-state index in [4.69, 9.17) is 0 Å². The molecule has 0 aliphatic heterocycles.